The van der Waals surface area contributed by atoms with Gasteiger partial charge in [-0.15, -0.1) is 5.10 Å². The molecule has 2 aromatic rings. The van der Waals surface area contributed by atoms with Gasteiger partial charge in [-0.1, -0.05) is 17.5 Å². The fraction of sp³-hybridized carbons (Fsp3) is 0.526. The SMILES string of the molecule is CCc1nnsc1C(=O)N1CCN(S(=O)(=O)c2c(C)c(C)cc(C)c2C)CC1. The Morgan fingerprint density at radius 1 is 1.07 bits per heavy atom. The number of rotatable bonds is 4. The highest BCUT2D eigenvalue weighted by Crippen LogP contribution is 2.29. The lowest BCUT2D eigenvalue weighted by atomic mass is 10.0. The van der Waals surface area contributed by atoms with Crippen LogP contribution in [0.4, 0.5) is 0 Å². The molecule has 1 aromatic heterocycles. The molecule has 1 aliphatic heterocycles. The summed E-state index contributed by atoms with van der Waals surface area (Å²) < 4.78 is 32.1. The van der Waals surface area contributed by atoms with Gasteiger partial charge in [0.25, 0.3) is 5.91 Å². The lowest BCUT2D eigenvalue weighted by Gasteiger charge is -2.34. The molecule has 0 saturated carbocycles. The third-order valence-electron chi connectivity index (χ3n) is 5.51. The Labute approximate surface area is 170 Å². The summed E-state index contributed by atoms with van der Waals surface area (Å²) in [7, 11) is -3.61. The van der Waals surface area contributed by atoms with Gasteiger partial charge in [-0.25, -0.2) is 8.42 Å². The number of hydrogen-bond acceptors (Lipinski definition) is 6. The van der Waals surface area contributed by atoms with Crippen molar-refractivity contribution in [2.24, 2.45) is 0 Å². The molecule has 2 heterocycles. The summed E-state index contributed by atoms with van der Waals surface area (Å²) in [5.41, 5.74) is 4.24. The molecule has 7 nitrogen and oxygen atoms in total. The van der Waals surface area contributed by atoms with Crippen molar-refractivity contribution in [3.63, 3.8) is 0 Å². The van der Waals surface area contributed by atoms with E-state index >= 15 is 0 Å². The molecule has 1 aliphatic rings. The smallest absolute Gasteiger partial charge is 0.267 e. The highest BCUT2D eigenvalue weighted by atomic mass is 32.2. The number of nitrogens with zero attached hydrogens (tertiary/aromatic N) is 4. The van der Waals surface area contributed by atoms with Crippen LogP contribution < -0.4 is 0 Å². The van der Waals surface area contributed by atoms with Crippen molar-refractivity contribution in [3.8, 4) is 0 Å². The van der Waals surface area contributed by atoms with E-state index in [-0.39, 0.29) is 19.0 Å². The fourth-order valence-electron chi connectivity index (χ4n) is 3.57. The number of carbonyl (C=O) groups is 1. The molecular weight excluding hydrogens is 396 g/mol. The van der Waals surface area contributed by atoms with E-state index in [9.17, 15) is 13.2 Å². The summed E-state index contributed by atoms with van der Waals surface area (Å²) in [6.07, 6.45) is 0.650. The Balaban J connectivity index is 1.81. The molecule has 0 N–H and O–H groups in total. The maximum atomic E-state index is 13.3. The summed E-state index contributed by atoms with van der Waals surface area (Å²) >= 11 is 1.10. The van der Waals surface area contributed by atoms with E-state index in [4.69, 9.17) is 0 Å². The molecule has 9 heteroatoms. The maximum Gasteiger partial charge on any atom is 0.267 e. The minimum atomic E-state index is -3.61. The van der Waals surface area contributed by atoms with E-state index in [1.807, 2.05) is 40.7 Å². The van der Waals surface area contributed by atoms with Gasteiger partial charge in [0.2, 0.25) is 10.0 Å². The van der Waals surface area contributed by atoms with Crippen LogP contribution >= 0.6 is 11.5 Å². The topological polar surface area (TPSA) is 83.5 Å². The number of aromatic nitrogens is 2. The second-order valence-electron chi connectivity index (χ2n) is 7.19. The van der Waals surface area contributed by atoms with E-state index in [0.29, 0.717) is 35.0 Å². The predicted octanol–water partition coefficient (Wildman–Crippen LogP) is 2.48. The molecule has 28 heavy (non-hydrogen) atoms. The third-order valence-corrected chi connectivity index (χ3v) is 8.44. The van der Waals surface area contributed by atoms with Crippen molar-refractivity contribution in [1.82, 2.24) is 18.8 Å². The zero-order valence-corrected chi connectivity index (χ0v) is 18.6. The number of hydrogen-bond donors (Lipinski definition) is 0. The average Bonchev–Trinajstić information content (AvgIpc) is 3.15. The monoisotopic (exact) mass is 422 g/mol. The summed E-state index contributed by atoms with van der Waals surface area (Å²) in [5, 5.41) is 4.00. The first-order chi connectivity index (χ1) is 13.2. The number of sulfonamides is 1. The standard InChI is InChI=1S/C19H26N4O3S2/c1-6-16-17(27-21-20-16)19(24)22-7-9-23(10-8-22)28(25,26)18-14(4)12(2)11-13(3)15(18)5/h11H,6-10H2,1-5H3. The Bertz CT molecular complexity index is 980. The van der Waals surface area contributed by atoms with E-state index in [0.717, 1.165) is 33.8 Å². The molecule has 0 unspecified atom stereocenters. The van der Waals surface area contributed by atoms with Gasteiger partial charge < -0.3 is 4.90 Å². The molecule has 152 valence electrons. The molecule has 1 amide bonds. The number of piperazine rings is 1. The largest absolute Gasteiger partial charge is 0.335 e. The zero-order chi connectivity index (χ0) is 20.6. The van der Waals surface area contributed by atoms with Crippen LogP contribution in [0, 0.1) is 27.7 Å². The summed E-state index contributed by atoms with van der Waals surface area (Å²) in [6, 6.07) is 2.02. The van der Waals surface area contributed by atoms with E-state index in [1.165, 1.54) is 4.31 Å². The van der Waals surface area contributed by atoms with Crippen LogP contribution in [-0.4, -0.2) is 59.3 Å². The molecular formula is C19H26N4O3S2. The van der Waals surface area contributed by atoms with Crippen molar-refractivity contribution in [2.75, 3.05) is 26.2 Å². The van der Waals surface area contributed by atoms with Crippen LogP contribution in [-0.2, 0) is 16.4 Å². The van der Waals surface area contributed by atoms with Crippen LogP contribution in [0.5, 0.6) is 0 Å². The van der Waals surface area contributed by atoms with Gasteiger partial charge in [0, 0.05) is 26.2 Å². The van der Waals surface area contributed by atoms with Crippen LogP contribution in [0.2, 0.25) is 0 Å². The van der Waals surface area contributed by atoms with Gasteiger partial charge >= 0.3 is 0 Å². The van der Waals surface area contributed by atoms with Crippen molar-refractivity contribution in [3.05, 3.63) is 38.9 Å². The highest BCUT2D eigenvalue weighted by Gasteiger charge is 2.33. The van der Waals surface area contributed by atoms with Gasteiger partial charge in [0.15, 0.2) is 0 Å². The number of benzene rings is 1. The Kier molecular flexibility index (Phi) is 5.88. The van der Waals surface area contributed by atoms with Gasteiger partial charge in [0.1, 0.15) is 4.88 Å². The molecule has 3 rings (SSSR count). The molecule has 0 aliphatic carbocycles. The van der Waals surface area contributed by atoms with Crippen molar-refractivity contribution in [1.29, 1.82) is 0 Å². The van der Waals surface area contributed by atoms with Gasteiger partial charge in [-0.3, -0.25) is 4.79 Å². The molecule has 0 radical (unpaired) electrons. The number of carbonyl (C=O) groups excluding carboxylic acids is 1. The molecule has 0 atom stereocenters. The minimum Gasteiger partial charge on any atom is -0.335 e. The number of aryl methyl sites for hydroxylation is 3. The van der Waals surface area contributed by atoms with Crippen molar-refractivity contribution in [2.45, 2.75) is 45.9 Å². The van der Waals surface area contributed by atoms with Crippen LogP contribution in [0.3, 0.4) is 0 Å². The Hall–Kier alpha value is -1.84. The summed E-state index contributed by atoms with van der Waals surface area (Å²) in [5.74, 6) is -0.109. The summed E-state index contributed by atoms with van der Waals surface area (Å²) in [6.45, 7) is 10.8. The zero-order valence-electron chi connectivity index (χ0n) is 16.9. The second kappa shape index (κ2) is 7.88. The van der Waals surface area contributed by atoms with Crippen LogP contribution in [0.1, 0.15) is 44.5 Å². The van der Waals surface area contributed by atoms with E-state index in [2.05, 4.69) is 9.59 Å². The molecule has 1 saturated heterocycles. The first kappa shape index (κ1) is 20.9. The first-order valence-electron chi connectivity index (χ1n) is 9.36. The second-order valence-corrected chi connectivity index (χ2v) is 9.82. The lowest BCUT2D eigenvalue weighted by molar-refractivity contribution is 0.0701. The van der Waals surface area contributed by atoms with Gasteiger partial charge in [-0.05, 0) is 67.9 Å². The van der Waals surface area contributed by atoms with Gasteiger partial charge in [-0.2, -0.15) is 4.31 Å². The minimum absolute atomic E-state index is 0.109. The average molecular weight is 423 g/mol. The van der Waals surface area contributed by atoms with Crippen molar-refractivity contribution < 1.29 is 13.2 Å². The normalized spacial score (nSPS) is 15.8. The highest BCUT2D eigenvalue weighted by molar-refractivity contribution is 7.89. The summed E-state index contributed by atoms with van der Waals surface area (Å²) in [4.78, 5) is 15.4. The number of amides is 1. The van der Waals surface area contributed by atoms with E-state index < -0.39 is 10.0 Å². The van der Waals surface area contributed by atoms with E-state index in [1.54, 1.807) is 4.90 Å². The first-order valence-corrected chi connectivity index (χ1v) is 11.6. The van der Waals surface area contributed by atoms with Gasteiger partial charge in [0.05, 0.1) is 10.6 Å². The molecule has 1 fully saturated rings. The molecule has 1 aromatic carbocycles. The third kappa shape index (κ3) is 3.58. The molecule has 0 bridgehead atoms. The Morgan fingerprint density at radius 2 is 1.64 bits per heavy atom. The predicted molar refractivity (Wildman–Crippen MR) is 109 cm³/mol. The molecule has 0 spiro atoms. The Morgan fingerprint density at radius 3 is 2.18 bits per heavy atom. The van der Waals surface area contributed by atoms with Crippen LogP contribution in [0.15, 0.2) is 11.0 Å². The lowest BCUT2D eigenvalue weighted by Crippen LogP contribution is -2.50. The quantitative estimate of drug-likeness (QED) is 0.756. The fourth-order valence-corrected chi connectivity index (χ4v) is 6.29. The van der Waals surface area contributed by atoms with Crippen LogP contribution in [0.25, 0.3) is 0 Å². The van der Waals surface area contributed by atoms with Crippen molar-refractivity contribution >= 4 is 27.5 Å². The maximum absolute atomic E-state index is 13.3.